The van der Waals surface area contributed by atoms with E-state index in [1.807, 2.05) is 0 Å². The third-order valence-electron chi connectivity index (χ3n) is 2.51. The monoisotopic (exact) mass is 183 g/mol. The summed E-state index contributed by atoms with van der Waals surface area (Å²) in [6, 6.07) is 0. The van der Waals surface area contributed by atoms with Gasteiger partial charge in [-0.2, -0.15) is 4.99 Å². The Balaban J connectivity index is 3.11. The minimum Gasteiger partial charge on any atom is -0.369 e. The Kier molecular flexibility index (Phi) is 2.36. The molecule has 0 spiro atoms. The van der Waals surface area contributed by atoms with Crippen LogP contribution in [0.5, 0.6) is 0 Å². The zero-order valence-electron chi connectivity index (χ0n) is 7.76. The number of rotatable bonds is 2. The van der Waals surface area contributed by atoms with E-state index in [-0.39, 0.29) is 11.9 Å². The second kappa shape index (κ2) is 3.16. The van der Waals surface area contributed by atoms with Gasteiger partial charge in [0.15, 0.2) is 0 Å². The highest BCUT2D eigenvalue weighted by Gasteiger charge is 2.45. The molecule has 0 unspecified atom stereocenters. The maximum atomic E-state index is 11.5. The lowest BCUT2D eigenvalue weighted by Crippen LogP contribution is -2.54. The molecule has 3 N–H and O–H groups in total. The number of hydrogen-bond donors (Lipinski definition) is 2. The van der Waals surface area contributed by atoms with E-state index in [0.29, 0.717) is 12.8 Å². The van der Waals surface area contributed by atoms with Gasteiger partial charge in [0.1, 0.15) is 5.41 Å². The Labute approximate surface area is 76.4 Å². The third-order valence-corrected chi connectivity index (χ3v) is 2.51. The molecule has 0 aliphatic carbocycles. The van der Waals surface area contributed by atoms with Gasteiger partial charge >= 0.3 is 0 Å². The van der Waals surface area contributed by atoms with Crippen LogP contribution in [0.1, 0.15) is 26.7 Å². The average molecular weight is 183 g/mol. The molecule has 13 heavy (non-hydrogen) atoms. The van der Waals surface area contributed by atoms with Gasteiger partial charge in [-0.1, -0.05) is 13.8 Å². The van der Waals surface area contributed by atoms with Gasteiger partial charge < -0.3 is 5.73 Å². The summed E-state index contributed by atoms with van der Waals surface area (Å²) in [5, 5.41) is 2.37. The highest BCUT2D eigenvalue weighted by Crippen LogP contribution is 2.29. The van der Waals surface area contributed by atoms with E-state index in [4.69, 9.17) is 5.73 Å². The van der Waals surface area contributed by atoms with Gasteiger partial charge in [-0.3, -0.25) is 14.9 Å². The fraction of sp³-hybridized carbons (Fsp3) is 0.625. The first-order chi connectivity index (χ1) is 6.06. The van der Waals surface area contributed by atoms with Gasteiger partial charge in [0.25, 0.3) is 5.91 Å². The molecule has 1 rings (SSSR count). The van der Waals surface area contributed by atoms with Crippen molar-refractivity contribution < 1.29 is 9.59 Å². The number of carbonyl (C=O) groups is 2. The predicted molar refractivity (Wildman–Crippen MR) is 47.8 cm³/mol. The van der Waals surface area contributed by atoms with Gasteiger partial charge in [0.05, 0.1) is 0 Å². The largest absolute Gasteiger partial charge is 0.369 e. The molecular weight excluding hydrogens is 170 g/mol. The number of guanidine groups is 1. The molecule has 0 fully saturated rings. The lowest BCUT2D eigenvalue weighted by atomic mass is 9.80. The molecule has 0 aromatic rings. The van der Waals surface area contributed by atoms with E-state index in [1.165, 1.54) is 0 Å². The summed E-state index contributed by atoms with van der Waals surface area (Å²) in [5.74, 6) is -0.874. The number of hydrogen-bond acceptors (Lipinski definition) is 3. The van der Waals surface area contributed by atoms with Crippen LogP contribution in [-0.4, -0.2) is 17.8 Å². The molecule has 1 heterocycles. The van der Waals surface area contributed by atoms with Crippen molar-refractivity contribution in [3.05, 3.63) is 0 Å². The molecule has 5 nitrogen and oxygen atoms in total. The molecule has 0 saturated heterocycles. The zero-order chi connectivity index (χ0) is 10.1. The van der Waals surface area contributed by atoms with E-state index in [2.05, 4.69) is 10.3 Å². The second-order valence-electron chi connectivity index (χ2n) is 3.05. The summed E-state index contributed by atoms with van der Waals surface area (Å²) < 4.78 is 0. The molecule has 0 bridgehead atoms. The average Bonchev–Trinajstić information content (AvgIpc) is 2.05. The van der Waals surface area contributed by atoms with Crippen LogP contribution in [0.25, 0.3) is 0 Å². The van der Waals surface area contributed by atoms with Crippen LogP contribution in [0.4, 0.5) is 0 Å². The van der Waals surface area contributed by atoms with Crippen LogP contribution in [0, 0.1) is 5.41 Å². The molecule has 0 radical (unpaired) electrons. The first-order valence-electron chi connectivity index (χ1n) is 4.27. The Bertz CT molecular complexity index is 279. The summed E-state index contributed by atoms with van der Waals surface area (Å²) in [6.45, 7) is 3.58. The van der Waals surface area contributed by atoms with Crippen molar-refractivity contribution in [1.82, 2.24) is 5.32 Å². The molecule has 0 aromatic carbocycles. The number of nitrogens with one attached hydrogen (secondary N) is 1. The predicted octanol–water partition coefficient (Wildman–Crippen LogP) is -0.236. The molecule has 0 saturated carbocycles. The lowest BCUT2D eigenvalue weighted by molar-refractivity contribution is -0.142. The van der Waals surface area contributed by atoms with E-state index in [0.717, 1.165) is 0 Å². The number of nitrogens with two attached hydrogens (primary N) is 1. The number of aliphatic imine (C=N–C) groups is 1. The summed E-state index contributed by atoms with van der Waals surface area (Å²) in [4.78, 5) is 26.5. The second-order valence-corrected chi connectivity index (χ2v) is 3.05. The van der Waals surface area contributed by atoms with Crippen molar-refractivity contribution in [3.8, 4) is 0 Å². The van der Waals surface area contributed by atoms with Gasteiger partial charge in [-0.05, 0) is 12.8 Å². The van der Waals surface area contributed by atoms with Gasteiger partial charge in [-0.15, -0.1) is 0 Å². The fourth-order valence-corrected chi connectivity index (χ4v) is 1.45. The highest BCUT2D eigenvalue weighted by molar-refractivity contribution is 6.17. The van der Waals surface area contributed by atoms with Crippen LogP contribution in [0.2, 0.25) is 0 Å². The zero-order valence-corrected chi connectivity index (χ0v) is 7.76. The van der Waals surface area contributed by atoms with Crippen molar-refractivity contribution in [2.24, 2.45) is 16.1 Å². The molecule has 0 atom stereocenters. The molecule has 0 aromatic heterocycles. The summed E-state index contributed by atoms with van der Waals surface area (Å²) in [7, 11) is 0. The van der Waals surface area contributed by atoms with Crippen LogP contribution in [0.3, 0.4) is 0 Å². The van der Waals surface area contributed by atoms with Crippen molar-refractivity contribution in [2.75, 3.05) is 0 Å². The normalized spacial score (nSPS) is 20.9. The minimum atomic E-state index is -0.997. The molecular formula is C8H13N3O2. The molecule has 72 valence electrons. The minimum absolute atomic E-state index is 0.104. The maximum absolute atomic E-state index is 11.5. The van der Waals surface area contributed by atoms with Crippen molar-refractivity contribution in [1.29, 1.82) is 0 Å². The Hall–Kier alpha value is -1.39. The summed E-state index contributed by atoms with van der Waals surface area (Å²) >= 11 is 0. The van der Waals surface area contributed by atoms with Crippen LogP contribution in [0.15, 0.2) is 4.99 Å². The van der Waals surface area contributed by atoms with Gasteiger partial charge in [0, 0.05) is 0 Å². The van der Waals surface area contributed by atoms with Crippen molar-refractivity contribution >= 4 is 17.8 Å². The smallest absolute Gasteiger partial charge is 0.264 e. The SMILES string of the molecule is CCC1(CC)C(=O)N=C(N)NC1=O. The van der Waals surface area contributed by atoms with Crippen LogP contribution in [-0.2, 0) is 9.59 Å². The lowest BCUT2D eigenvalue weighted by Gasteiger charge is -2.29. The van der Waals surface area contributed by atoms with Gasteiger partial charge in [0.2, 0.25) is 11.9 Å². The first kappa shape index (κ1) is 9.70. The topological polar surface area (TPSA) is 84.6 Å². The maximum Gasteiger partial charge on any atom is 0.264 e. The summed E-state index contributed by atoms with van der Waals surface area (Å²) in [6.07, 6.45) is 0.899. The molecule has 5 heteroatoms. The van der Waals surface area contributed by atoms with E-state index in [9.17, 15) is 9.59 Å². The van der Waals surface area contributed by atoms with Crippen molar-refractivity contribution in [3.63, 3.8) is 0 Å². The number of amides is 2. The Morgan fingerprint density at radius 1 is 1.38 bits per heavy atom. The Morgan fingerprint density at radius 2 is 1.92 bits per heavy atom. The summed E-state index contributed by atoms with van der Waals surface area (Å²) in [5.41, 5.74) is 4.25. The standard InChI is InChI=1S/C8H13N3O2/c1-3-8(4-2)5(12)10-7(9)11-6(8)13/h3-4H2,1-2H3,(H3,9,10,11,12,13). The first-order valence-corrected chi connectivity index (χ1v) is 4.27. The van der Waals surface area contributed by atoms with E-state index in [1.54, 1.807) is 13.8 Å². The number of carbonyl (C=O) groups excluding carboxylic acids is 2. The molecule has 1 aliphatic rings. The fourth-order valence-electron chi connectivity index (χ4n) is 1.45. The van der Waals surface area contributed by atoms with Crippen LogP contribution < -0.4 is 11.1 Å². The molecule has 1 aliphatic heterocycles. The molecule has 2 amide bonds. The highest BCUT2D eigenvalue weighted by atomic mass is 16.2. The quantitative estimate of drug-likeness (QED) is 0.579. The van der Waals surface area contributed by atoms with Crippen molar-refractivity contribution in [2.45, 2.75) is 26.7 Å². The Morgan fingerprint density at radius 3 is 2.31 bits per heavy atom. The van der Waals surface area contributed by atoms with Gasteiger partial charge in [-0.25, -0.2) is 0 Å². The third kappa shape index (κ3) is 1.30. The van der Waals surface area contributed by atoms with E-state index >= 15 is 0 Å². The van der Waals surface area contributed by atoms with E-state index < -0.39 is 11.3 Å². The number of nitrogens with zero attached hydrogens (tertiary/aromatic N) is 1. The van der Waals surface area contributed by atoms with Crippen LogP contribution >= 0.6 is 0 Å².